The molecule has 1 fully saturated rings. The highest BCUT2D eigenvalue weighted by molar-refractivity contribution is 7.15. The molecule has 1 aliphatic heterocycles. The van der Waals surface area contributed by atoms with Crippen molar-refractivity contribution in [2.75, 3.05) is 19.7 Å². The smallest absolute Gasteiger partial charge is 0.307 e. The number of rotatable bonds is 6. The van der Waals surface area contributed by atoms with E-state index >= 15 is 0 Å². The monoisotopic (exact) mass is 402 g/mol. The molecule has 1 aliphatic rings. The number of aliphatic carboxylic acids is 1. The van der Waals surface area contributed by atoms with Gasteiger partial charge in [0.15, 0.2) is 0 Å². The number of aromatic nitrogens is 1. The van der Waals surface area contributed by atoms with Gasteiger partial charge in [0.2, 0.25) is 0 Å². The first-order valence-corrected chi connectivity index (χ1v) is 10.7. The van der Waals surface area contributed by atoms with E-state index < -0.39 is 5.97 Å². The summed E-state index contributed by atoms with van der Waals surface area (Å²) >= 11 is 1.71. The van der Waals surface area contributed by atoms with Crippen molar-refractivity contribution >= 4 is 17.3 Å². The van der Waals surface area contributed by atoms with Crippen LogP contribution in [0.25, 0.3) is 10.6 Å². The van der Waals surface area contributed by atoms with Crippen LogP contribution in [0.15, 0.2) is 30.5 Å². The Morgan fingerprint density at radius 1 is 1.32 bits per heavy atom. The molecule has 1 N–H and O–H groups in total. The molecule has 3 rings (SSSR count). The number of thiophene rings is 1. The molecule has 0 spiro atoms. The van der Waals surface area contributed by atoms with E-state index in [-0.39, 0.29) is 11.3 Å². The number of nitrogens with zero attached hydrogens (tertiary/aromatic N) is 2. The number of hydrogen-bond acceptors (Lipinski definition) is 5. The summed E-state index contributed by atoms with van der Waals surface area (Å²) in [5, 5.41) is 9.59. The van der Waals surface area contributed by atoms with E-state index in [4.69, 9.17) is 4.74 Å². The molecule has 28 heavy (non-hydrogen) atoms. The van der Waals surface area contributed by atoms with Crippen LogP contribution in [0.3, 0.4) is 0 Å². The van der Waals surface area contributed by atoms with E-state index in [1.807, 2.05) is 19.1 Å². The van der Waals surface area contributed by atoms with Crippen LogP contribution >= 0.6 is 11.3 Å². The molecular weight excluding hydrogens is 372 g/mol. The van der Waals surface area contributed by atoms with Gasteiger partial charge in [-0.1, -0.05) is 20.8 Å². The van der Waals surface area contributed by atoms with Gasteiger partial charge in [-0.15, -0.1) is 11.3 Å². The van der Waals surface area contributed by atoms with Crippen molar-refractivity contribution in [1.29, 1.82) is 0 Å². The first-order chi connectivity index (χ1) is 13.3. The largest absolute Gasteiger partial charge is 0.492 e. The van der Waals surface area contributed by atoms with Gasteiger partial charge in [0.05, 0.1) is 17.4 Å². The minimum absolute atomic E-state index is 0.104. The summed E-state index contributed by atoms with van der Waals surface area (Å²) in [7, 11) is 0. The zero-order valence-electron chi connectivity index (χ0n) is 17.1. The Bertz CT molecular complexity index is 812. The quantitative estimate of drug-likeness (QED) is 0.753. The van der Waals surface area contributed by atoms with Crippen LogP contribution in [0.1, 0.15) is 39.0 Å². The van der Waals surface area contributed by atoms with Crippen molar-refractivity contribution in [3.63, 3.8) is 0 Å². The summed E-state index contributed by atoms with van der Waals surface area (Å²) in [6, 6.07) is 8.04. The normalized spacial score (nSPS) is 20.9. The van der Waals surface area contributed by atoms with Gasteiger partial charge in [0.1, 0.15) is 11.4 Å². The fraction of sp³-hybridized carbons (Fsp3) is 0.545. The zero-order valence-corrected chi connectivity index (χ0v) is 18.0. The van der Waals surface area contributed by atoms with E-state index in [9.17, 15) is 9.90 Å². The first kappa shape index (κ1) is 20.8. The molecule has 1 saturated heterocycles. The predicted molar refractivity (Wildman–Crippen MR) is 113 cm³/mol. The summed E-state index contributed by atoms with van der Waals surface area (Å²) in [4.78, 5) is 20.8. The van der Waals surface area contributed by atoms with Crippen molar-refractivity contribution in [3.05, 3.63) is 35.3 Å². The lowest BCUT2D eigenvalue weighted by molar-refractivity contribution is -0.145. The van der Waals surface area contributed by atoms with Crippen LogP contribution in [0.4, 0.5) is 0 Å². The summed E-state index contributed by atoms with van der Waals surface area (Å²) in [5.41, 5.74) is 0.975. The molecule has 6 heteroatoms. The third-order valence-electron chi connectivity index (χ3n) is 5.45. The number of carbonyl (C=O) groups is 1. The second-order valence-corrected chi connectivity index (χ2v) is 9.75. The van der Waals surface area contributed by atoms with Crippen LogP contribution < -0.4 is 4.74 Å². The molecule has 0 radical (unpaired) electrons. The molecule has 2 aromatic rings. The fourth-order valence-corrected chi connectivity index (χ4v) is 4.84. The molecule has 5 nitrogen and oxygen atoms in total. The molecule has 152 valence electrons. The number of ether oxygens (including phenoxy) is 1. The Labute approximate surface area is 171 Å². The minimum Gasteiger partial charge on any atom is -0.492 e. The molecule has 0 aliphatic carbocycles. The average Bonchev–Trinajstić information content (AvgIpc) is 3.09. The maximum Gasteiger partial charge on any atom is 0.307 e. The number of hydrogen-bond donors (Lipinski definition) is 1. The van der Waals surface area contributed by atoms with Crippen LogP contribution in [0.2, 0.25) is 0 Å². The maximum absolute atomic E-state index is 11.7. The van der Waals surface area contributed by atoms with Gasteiger partial charge in [-0.2, -0.15) is 0 Å². The minimum atomic E-state index is -0.680. The van der Waals surface area contributed by atoms with Gasteiger partial charge in [-0.25, -0.2) is 0 Å². The molecule has 0 bridgehead atoms. The number of carboxylic acids is 1. The van der Waals surface area contributed by atoms with E-state index in [0.29, 0.717) is 19.1 Å². The van der Waals surface area contributed by atoms with E-state index in [0.717, 1.165) is 35.8 Å². The summed E-state index contributed by atoms with van der Waals surface area (Å²) < 4.78 is 5.71. The van der Waals surface area contributed by atoms with Gasteiger partial charge in [-0.3, -0.25) is 14.7 Å². The number of likely N-dealkylation sites (tertiary alicyclic amines) is 1. The lowest BCUT2D eigenvalue weighted by Crippen LogP contribution is -2.46. The number of carboxylic acid groups (broad SMARTS) is 1. The summed E-state index contributed by atoms with van der Waals surface area (Å²) in [6.45, 7) is 11.5. The lowest BCUT2D eigenvalue weighted by atomic mass is 9.73. The second-order valence-electron chi connectivity index (χ2n) is 8.58. The Morgan fingerprint density at radius 2 is 2.11 bits per heavy atom. The highest BCUT2D eigenvalue weighted by Gasteiger charge is 2.37. The molecule has 3 heterocycles. The molecule has 2 atom stereocenters. The molecule has 0 aromatic carbocycles. The Balaban J connectivity index is 1.76. The van der Waals surface area contributed by atoms with Crippen molar-refractivity contribution in [2.24, 2.45) is 17.3 Å². The van der Waals surface area contributed by atoms with Gasteiger partial charge >= 0.3 is 5.97 Å². The van der Waals surface area contributed by atoms with Crippen molar-refractivity contribution in [1.82, 2.24) is 9.88 Å². The first-order valence-electron chi connectivity index (χ1n) is 9.90. The third kappa shape index (κ3) is 4.92. The number of pyridine rings is 1. The number of piperidine rings is 1. The second kappa shape index (κ2) is 8.62. The molecule has 0 saturated carbocycles. The zero-order chi connectivity index (χ0) is 20.3. The topological polar surface area (TPSA) is 62.7 Å². The van der Waals surface area contributed by atoms with E-state index in [2.05, 4.69) is 42.8 Å². The highest BCUT2D eigenvalue weighted by atomic mass is 32.1. The summed E-state index contributed by atoms with van der Waals surface area (Å²) in [5.74, 6) is 0.204. The van der Waals surface area contributed by atoms with Crippen molar-refractivity contribution in [3.8, 4) is 16.3 Å². The van der Waals surface area contributed by atoms with Gasteiger partial charge in [0, 0.05) is 30.7 Å². The van der Waals surface area contributed by atoms with Gasteiger partial charge in [-0.05, 0) is 48.9 Å². The van der Waals surface area contributed by atoms with Crippen molar-refractivity contribution in [2.45, 2.75) is 40.7 Å². The van der Waals surface area contributed by atoms with Gasteiger partial charge < -0.3 is 9.84 Å². The molecule has 2 aromatic heterocycles. The van der Waals surface area contributed by atoms with Gasteiger partial charge in [0.25, 0.3) is 0 Å². The predicted octanol–water partition coefficient (Wildman–Crippen LogP) is 4.78. The Hall–Kier alpha value is -1.92. The van der Waals surface area contributed by atoms with E-state index in [1.54, 1.807) is 17.5 Å². The maximum atomic E-state index is 11.7. The SMILES string of the molecule is CCOc1cccnc1-c1ccc(CN2C[C@H](C(=O)O)C[C@@H](C(C)(C)C)C2)s1. The molecule has 0 amide bonds. The molecular formula is C22H30N2O3S. The standard InChI is InChI=1S/C22H30N2O3S/c1-5-27-18-7-6-10-23-20(18)19-9-8-17(28-19)14-24-12-15(21(25)26)11-16(13-24)22(2,3)4/h6-10,15-16H,5,11-14H2,1-4H3,(H,25,26)/t15-,16-/m1/s1. The summed E-state index contributed by atoms with van der Waals surface area (Å²) in [6.07, 6.45) is 2.55. The van der Waals surface area contributed by atoms with Crippen LogP contribution in [0, 0.1) is 17.3 Å². The molecule has 0 unspecified atom stereocenters. The third-order valence-corrected chi connectivity index (χ3v) is 6.52. The fourth-order valence-electron chi connectivity index (χ4n) is 3.78. The lowest BCUT2D eigenvalue weighted by Gasteiger charge is -2.42. The highest BCUT2D eigenvalue weighted by Crippen LogP contribution is 2.38. The van der Waals surface area contributed by atoms with E-state index in [1.165, 1.54) is 4.88 Å². The average molecular weight is 403 g/mol. The van der Waals surface area contributed by atoms with Crippen molar-refractivity contribution < 1.29 is 14.6 Å². The van der Waals surface area contributed by atoms with Crippen LogP contribution in [-0.2, 0) is 11.3 Å². The van der Waals surface area contributed by atoms with Crippen LogP contribution in [-0.4, -0.2) is 40.7 Å². The Kier molecular flexibility index (Phi) is 6.40. The van der Waals surface area contributed by atoms with Crippen LogP contribution in [0.5, 0.6) is 5.75 Å². The Morgan fingerprint density at radius 3 is 2.79 bits per heavy atom.